The van der Waals surface area contributed by atoms with Gasteiger partial charge in [-0.05, 0) is 23.8 Å². The molecule has 56 valence electrons. The van der Waals surface area contributed by atoms with Gasteiger partial charge in [-0.3, -0.25) is 0 Å². The second kappa shape index (κ2) is 6.47. The Morgan fingerprint density at radius 1 is 1.33 bits per heavy atom. The van der Waals surface area contributed by atoms with Crippen LogP contribution in [-0.4, -0.2) is 11.5 Å². The Morgan fingerprint density at radius 2 is 2.00 bits per heavy atom. The molecule has 0 rings (SSSR count). The lowest BCUT2D eigenvalue weighted by atomic mass is 10.3. The Kier molecular flexibility index (Phi) is 6.72. The van der Waals surface area contributed by atoms with Crippen LogP contribution in [0.15, 0.2) is 0 Å². The topological polar surface area (TPSA) is 0 Å². The standard InChI is InChI=1S/C8H18S/c1-4-5-6-9-7-8(2)3/h8H,4-7H2,1-3H3. The minimum atomic E-state index is 0.867. The predicted octanol–water partition coefficient (Wildman–Crippen LogP) is 3.18. The third-order valence-electron chi connectivity index (χ3n) is 1.09. The molecule has 0 aliphatic rings. The Balaban J connectivity index is 2.75. The highest BCUT2D eigenvalue weighted by atomic mass is 32.2. The van der Waals surface area contributed by atoms with E-state index in [4.69, 9.17) is 0 Å². The highest BCUT2D eigenvalue weighted by Gasteiger charge is 1.91. The first kappa shape index (κ1) is 9.35. The van der Waals surface area contributed by atoms with Crippen LogP contribution in [0.25, 0.3) is 0 Å². The van der Waals surface area contributed by atoms with Crippen LogP contribution in [-0.2, 0) is 0 Å². The number of rotatable bonds is 5. The smallest absolute Gasteiger partial charge is 0.00444 e. The third kappa shape index (κ3) is 8.35. The summed E-state index contributed by atoms with van der Waals surface area (Å²) in [6, 6.07) is 0. The first-order valence-electron chi connectivity index (χ1n) is 3.85. The fourth-order valence-corrected chi connectivity index (χ4v) is 1.70. The first-order valence-corrected chi connectivity index (χ1v) is 5.00. The molecule has 0 fully saturated rings. The van der Waals surface area contributed by atoms with Crippen LogP contribution >= 0.6 is 11.8 Å². The second-order valence-corrected chi connectivity index (χ2v) is 3.97. The van der Waals surface area contributed by atoms with Crippen LogP contribution in [0.5, 0.6) is 0 Å². The average Bonchev–Trinajstić information content (AvgIpc) is 1.80. The zero-order chi connectivity index (χ0) is 7.11. The SMILES string of the molecule is CCCCSCC(C)C. The van der Waals surface area contributed by atoms with Gasteiger partial charge >= 0.3 is 0 Å². The molecule has 0 heterocycles. The lowest BCUT2D eigenvalue weighted by Crippen LogP contribution is -1.91. The molecule has 0 bridgehead atoms. The molecule has 0 aromatic rings. The van der Waals surface area contributed by atoms with Crippen molar-refractivity contribution in [1.29, 1.82) is 0 Å². The summed E-state index contributed by atoms with van der Waals surface area (Å²) in [5.41, 5.74) is 0. The van der Waals surface area contributed by atoms with Crippen molar-refractivity contribution in [2.45, 2.75) is 33.6 Å². The minimum absolute atomic E-state index is 0.867. The van der Waals surface area contributed by atoms with Crippen molar-refractivity contribution in [3.8, 4) is 0 Å². The summed E-state index contributed by atoms with van der Waals surface area (Å²) in [5, 5.41) is 0. The zero-order valence-corrected chi connectivity index (χ0v) is 7.63. The van der Waals surface area contributed by atoms with Gasteiger partial charge in [-0.2, -0.15) is 11.8 Å². The van der Waals surface area contributed by atoms with Gasteiger partial charge in [-0.25, -0.2) is 0 Å². The monoisotopic (exact) mass is 146 g/mol. The Hall–Kier alpha value is 0.350. The van der Waals surface area contributed by atoms with Crippen molar-refractivity contribution < 1.29 is 0 Å². The summed E-state index contributed by atoms with van der Waals surface area (Å²) >= 11 is 2.09. The molecule has 0 atom stereocenters. The van der Waals surface area contributed by atoms with Crippen molar-refractivity contribution in [3.05, 3.63) is 0 Å². The summed E-state index contributed by atoms with van der Waals surface area (Å²) < 4.78 is 0. The van der Waals surface area contributed by atoms with E-state index in [1.54, 1.807) is 0 Å². The van der Waals surface area contributed by atoms with E-state index in [9.17, 15) is 0 Å². The summed E-state index contributed by atoms with van der Waals surface area (Å²) in [7, 11) is 0. The minimum Gasteiger partial charge on any atom is -0.162 e. The number of hydrogen-bond donors (Lipinski definition) is 0. The van der Waals surface area contributed by atoms with Gasteiger partial charge in [0.2, 0.25) is 0 Å². The van der Waals surface area contributed by atoms with Gasteiger partial charge in [-0.15, -0.1) is 0 Å². The van der Waals surface area contributed by atoms with Gasteiger partial charge in [0.25, 0.3) is 0 Å². The van der Waals surface area contributed by atoms with Crippen molar-refractivity contribution in [2.24, 2.45) is 5.92 Å². The molecular formula is C8H18S. The molecular weight excluding hydrogens is 128 g/mol. The molecule has 0 aromatic carbocycles. The van der Waals surface area contributed by atoms with Gasteiger partial charge in [0.1, 0.15) is 0 Å². The van der Waals surface area contributed by atoms with Gasteiger partial charge < -0.3 is 0 Å². The van der Waals surface area contributed by atoms with Crippen LogP contribution in [0.2, 0.25) is 0 Å². The lowest BCUT2D eigenvalue weighted by molar-refractivity contribution is 0.749. The molecule has 0 nitrogen and oxygen atoms in total. The summed E-state index contributed by atoms with van der Waals surface area (Å²) in [6.45, 7) is 6.80. The predicted molar refractivity (Wildman–Crippen MR) is 47.1 cm³/mol. The normalized spacial score (nSPS) is 10.7. The largest absolute Gasteiger partial charge is 0.162 e. The first-order chi connectivity index (χ1) is 4.27. The van der Waals surface area contributed by atoms with Gasteiger partial charge in [-0.1, -0.05) is 27.2 Å². The molecule has 0 saturated carbocycles. The van der Waals surface area contributed by atoms with E-state index in [0.717, 1.165) is 5.92 Å². The van der Waals surface area contributed by atoms with E-state index in [-0.39, 0.29) is 0 Å². The number of thioether (sulfide) groups is 1. The number of hydrogen-bond acceptors (Lipinski definition) is 1. The molecule has 0 amide bonds. The van der Waals surface area contributed by atoms with E-state index in [1.165, 1.54) is 24.3 Å². The highest BCUT2D eigenvalue weighted by molar-refractivity contribution is 7.99. The Labute approximate surface area is 63.4 Å². The van der Waals surface area contributed by atoms with Crippen molar-refractivity contribution in [3.63, 3.8) is 0 Å². The zero-order valence-electron chi connectivity index (χ0n) is 6.81. The van der Waals surface area contributed by atoms with E-state index in [1.807, 2.05) is 0 Å². The highest BCUT2D eigenvalue weighted by Crippen LogP contribution is 2.08. The maximum absolute atomic E-state index is 2.28. The van der Waals surface area contributed by atoms with Gasteiger partial charge in [0.15, 0.2) is 0 Å². The number of unbranched alkanes of at least 4 members (excludes halogenated alkanes) is 1. The van der Waals surface area contributed by atoms with Crippen molar-refractivity contribution in [2.75, 3.05) is 11.5 Å². The van der Waals surface area contributed by atoms with E-state index >= 15 is 0 Å². The van der Waals surface area contributed by atoms with E-state index in [0.29, 0.717) is 0 Å². The van der Waals surface area contributed by atoms with Crippen LogP contribution < -0.4 is 0 Å². The summed E-state index contributed by atoms with van der Waals surface area (Å²) in [4.78, 5) is 0. The van der Waals surface area contributed by atoms with Crippen LogP contribution in [0.1, 0.15) is 33.6 Å². The molecule has 9 heavy (non-hydrogen) atoms. The summed E-state index contributed by atoms with van der Waals surface area (Å²) in [6.07, 6.45) is 2.72. The molecule has 0 aliphatic carbocycles. The molecule has 1 heteroatoms. The molecule has 0 radical (unpaired) electrons. The van der Waals surface area contributed by atoms with E-state index < -0.39 is 0 Å². The lowest BCUT2D eigenvalue weighted by Gasteiger charge is -2.01. The molecule has 0 spiro atoms. The van der Waals surface area contributed by atoms with Crippen LogP contribution in [0.4, 0.5) is 0 Å². The maximum atomic E-state index is 2.28. The van der Waals surface area contributed by atoms with Crippen LogP contribution in [0.3, 0.4) is 0 Å². The van der Waals surface area contributed by atoms with Crippen molar-refractivity contribution >= 4 is 11.8 Å². The quantitative estimate of drug-likeness (QED) is 0.537. The summed E-state index contributed by atoms with van der Waals surface area (Å²) in [5.74, 6) is 3.56. The molecule has 0 N–H and O–H groups in total. The van der Waals surface area contributed by atoms with Gasteiger partial charge in [0.05, 0.1) is 0 Å². The third-order valence-corrected chi connectivity index (χ3v) is 2.57. The molecule has 0 saturated heterocycles. The van der Waals surface area contributed by atoms with E-state index in [2.05, 4.69) is 32.5 Å². The Bertz CT molecular complexity index is 50.5. The van der Waals surface area contributed by atoms with Crippen molar-refractivity contribution in [1.82, 2.24) is 0 Å². The Morgan fingerprint density at radius 3 is 2.44 bits per heavy atom. The fraction of sp³-hybridized carbons (Fsp3) is 1.00. The molecule has 0 unspecified atom stereocenters. The maximum Gasteiger partial charge on any atom is -0.00444 e. The second-order valence-electron chi connectivity index (χ2n) is 2.82. The molecule has 0 aromatic heterocycles. The fourth-order valence-electron chi connectivity index (χ4n) is 0.565. The molecule has 0 aliphatic heterocycles. The van der Waals surface area contributed by atoms with Gasteiger partial charge in [0, 0.05) is 0 Å². The van der Waals surface area contributed by atoms with Crippen LogP contribution in [0, 0.1) is 5.92 Å². The average molecular weight is 146 g/mol.